The molecule has 0 unspecified atom stereocenters. The smallest absolute Gasteiger partial charge is 0.268 e. The first-order valence-electron chi connectivity index (χ1n) is 9.28. The fraction of sp³-hybridized carbons (Fsp3) is 0.400. The van der Waals surface area contributed by atoms with Crippen molar-refractivity contribution < 1.29 is 0 Å². The number of hydrogen-bond acceptors (Lipinski definition) is 5. The summed E-state index contributed by atoms with van der Waals surface area (Å²) >= 11 is 1.68. The molecule has 0 saturated heterocycles. The molecular weight excluding hydrogens is 358 g/mol. The molecule has 1 aliphatic carbocycles. The third-order valence-electron chi connectivity index (χ3n) is 5.75. The van der Waals surface area contributed by atoms with Gasteiger partial charge in [-0.1, -0.05) is 44.1 Å². The van der Waals surface area contributed by atoms with Gasteiger partial charge in [-0.3, -0.25) is 4.79 Å². The van der Waals surface area contributed by atoms with Gasteiger partial charge in [-0.05, 0) is 58.7 Å². The molecule has 0 saturated carbocycles. The fourth-order valence-electron chi connectivity index (χ4n) is 4.15. The zero-order chi connectivity index (χ0) is 18.8. The second-order valence-electron chi connectivity index (χ2n) is 8.36. The van der Waals surface area contributed by atoms with Crippen molar-refractivity contribution in [1.29, 1.82) is 0 Å². The lowest BCUT2D eigenvalue weighted by atomic mass is 9.72. The monoisotopic (exact) mass is 379 g/mol. The van der Waals surface area contributed by atoms with Crippen LogP contribution in [0.4, 0.5) is 0 Å². The summed E-state index contributed by atoms with van der Waals surface area (Å²) in [4.78, 5) is 15.7. The van der Waals surface area contributed by atoms with Crippen LogP contribution in [-0.2, 0) is 12.8 Å². The molecule has 3 heterocycles. The number of fused-ring (bicyclic) bond motifs is 5. The van der Waals surface area contributed by atoms with Crippen molar-refractivity contribution >= 4 is 27.3 Å². The van der Waals surface area contributed by atoms with Gasteiger partial charge in [0, 0.05) is 4.88 Å². The van der Waals surface area contributed by atoms with Crippen LogP contribution >= 0.6 is 11.3 Å². The van der Waals surface area contributed by atoms with Crippen LogP contribution in [0.15, 0.2) is 35.1 Å². The quantitative estimate of drug-likeness (QED) is 0.506. The minimum Gasteiger partial charge on any atom is -0.268 e. The summed E-state index contributed by atoms with van der Waals surface area (Å²) in [7, 11) is 0. The zero-order valence-corrected chi connectivity index (χ0v) is 16.5. The molecule has 138 valence electrons. The Labute approximate surface area is 160 Å². The molecule has 0 aliphatic heterocycles. The molecule has 0 spiro atoms. The van der Waals surface area contributed by atoms with E-state index in [2.05, 4.69) is 36.3 Å². The lowest BCUT2D eigenvalue weighted by Gasteiger charge is -2.33. The molecule has 4 aromatic rings. The van der Waals surface area contributed by atoms with Crippen LogP contribution in [-0.4, -0.2) is 24.6 Å². The Balaban J connectivity index is 1.82. The summed E-state index contributed by atoms with van der Waals surface area (Å²) in [5.41, 5.74) is 2.22. The maximum absolute atomic E-state index is 13.5. The average molecular weight is 379 g/mol. The number of nitrogens with zero attached hydrogens (tertiary/aromatic N) is 5. The van der Waals surface area contributed by atoms with Crippen molar-refractivity contribution in [2.24, 2.45) is 11.3 Å². The van der Waals surface area contributed by atoms with E-state index in [9.17, 15) is 4.79 Å². The van der Waals surface area contributed by atoms with E-state index in [0.717, 1.165) is 35.2 Å². The maximum Gasteiger partial charge on any atom is 0.268 e. The molecular formula is C20H21N5OS. The number of hydrogen-bond donors (Lipinski definition) is 0. The number of para-hydroxylation sites is 1. The van der Waals surface area contributed by atoms with E-state index in [-0.39, 0.29) is 11.0 Å². The molecule has 0 fully saturated rings. The highest BCUT2D eigenvalue weighted by Crippen LogP contribution is 2.42. The molecule has 1 atom stereocenters. The van der Waals surface area contributed by atoms with E-state index in [1.165, 1.54) is 10.4 Å². The molecule has 0 radical (unpaired) electrons. The van der Waals surface area contributed by atoms with E-state index in [1.54, 1.807) is 20.4 Å². The Kier molecular flexibility index (Phi) is 3.53. The normalized spacial score (nSPS) is 17.5. The van der Waals surface area contributed by atoms with E-state index < -0.39 is 0 Å². The standard InChI is InChI=1S/C20H21N5OS/c1-20(2,3)12-9-10-14-15(11-12)27-18-16(14)17(26)24(13-7-5-4-6-8-13)19-21-22-23-25(18)19/h4-8,12H,9-11H2,1-3H3/t12-/m1/s1. The van der Waals surface area contributed by atoms with Gasteiger partial charge in [0.2, 0.25) is 0 Å². The van der Waals surface area contributed by atoms with Gasteiger partial charge in [-0.2, -0.15) is 4.52 Å². The van der Waals surface area contributed by atoms with Crippen molar-refractivity contribution in [2.75, 3.05) is 0 Å². The average Bonchev–Trinajstić information content (AvgIpc) is 3.25. The van der Waals surface area contributed by atoms with Crippen molar-refractivity contribution in [3.8, 4) is 5.69 Å². The second-order valence-corrected chi connectivity index (χ2v) is 9.44. The number of tetrazole rings is 1. The molecule has 3 aromatic heterocycles. The largest absolute Gasteiger partial charge is 0.268 e. The minimum absolute atomic E-state index is 0.0230. The van der Waals surface area contributed by atoms with Gasteiger partial charge < -0.3 is 0 Å². The Bertz CT molecular complexity index is 1210. The number of thiophene rings is 1. The minimum atomic E-state index is -0.0230. The van der Waals surface area contributed by atoms with Gasteiger partial charge in [0.25, 0.3) is 11.3 Å². The molecule has 7 heteroatoms. The summed E-state index contributed by atoms with van der Waals surface area (Å²) in [5, 5.41) is 13.0. The van der Waals surface area contributed by atoms with Gasteiger partial charge >= 0.3 is 0 Å². The summed E-state index contributed by atoms with van der Waals surface area (Å²) in [6.07, 6.45) is 3.07. The van der Waals surface area contributed by atoms with Crippen LogP contribution in [0.5, 0.6) is 0 Å². The third-order valence-corrected chi connectivity index (χ3v) is 6.98. The maximum atomic E-state index is 13.5. The lowest BCUT2D eigenvalue weighted by molar-refractivity contribution is 0.218. The summed E-state index contributed by atoms with van der Waals surface area (Å²) < 4.78 is 3.35. The Hall–Kier alpha value is -2.54. The van der Waals surface area contributed by atoms with Crippen molar-refractivity contribution in [3.63, 3.8) is 0 Å². The van der Waals surface area contributed by atoms with Crippen molar-refractivity contribution in [3.05, 3.63) is 51.1 Å². The van der Waals surface area contributed by atoms with Crippen molar-refractivity contribution in [1.82, 2.24) is 24.6 Å². The fourth-order valence-corrected chi connectivity index (χ4v) is 5.51. The SMILES string of the molecule is CC(C)(C)[C@@H]1CCc2c(sc3c2c(=O)n(-c2ccccc2)c2nnnn32)C1. The van der Waals surface area contributed by atoms with Crippen LogP contribution in [0.1, 0.15) is 37.6 Å². The van der Waals surface area contributed by atoms with Crippen LogP contribution in [0.3, 0.4) is 0 Å². The molecule has 0 amide bonds. The Morgan fingerprint density at radius 2 is 1.96 bits per heavy atom. The predicted octanol–water partition coefficient (Wildman–Crippen LogP) is 3.64. The molecule has 1 aromatic carbocycles. The van der Waals surface area contributed by atoms with Gasteiger partial charge in [-0.15, -0.1) is 11.3 Å². The predicted molar refractivity (Wildman–Crippen MR) is 107 cm³/mol. The number of rotatable bonds is 1. The van der Waals surface area contributed by atoms with Gasteiger partial charge in [0.15, 0.2) is 0 Å². The summed E-state index contributed by atoms with van der Waals surface area (Å²) in [6, 6.07) is 9.60. The number of aromatic nitrogens is 5. The first kappa shape index (κ1) is 16.6. The molecule has 6 nitrogen and oxygen atoms in total. The second kappa shape index (κ2) is 5.73. The zero-order valence-electron chi connectivity index (χ0n) is 15.6. The van der Waals surface area contributed by atoms with Crippen molar-refractivity contribution in [2.45, 2.75) is 40.0 Å². The summed E-state index contributed by atoms with van der Waals surface area (Å²) in [6.45, 7) is 6.91. The summed E-state index contributed by atoms with van der Waals surface area (Å²) in [5.74, 6) is 1.09. The first-order valence-corrected chi connectivity index (χ1v) is 10.1. The van der Waals surface area contributed by atoms with Crippen LogP contribution in [0.2, 0.25) is 0 Å². The van der Waals surface area contributed by atoms with Gasteiger partial charge in [0.1, 0.15) is 4.83 Å². The molecule has 1 aliphatic rings. The van der Waals surface area contributed by atoms with Crippen LogP contribution < -0.4 is 5.56 Å². The van der Waals surface area contributed by atoms with E-state index in [1.807, 2.05) is 30.3 Å². The van der Waals surface area contributed by atoms with E-state index >= 15 is 0 Å². The highest BCUT2D eigenvalue weighted by molar-refractivity contribution is 7.18. The number of benzene rings is 1. The van der Waals surface area contributed by atoms with E-state index in [0.29, 0.717) is 11.7 Å². The lowest BCUT2D eigenvalue weighted by Crippen LogP contribution is -2.27. The molecule has 0 N–H and O–H groups in total. The van der Waals surface area contributed by atoms with Gasteiger partial charge in [0.05, 0.1) is 11.1 Å². The molecule has 27 heavy (non-hydrogen) atoms. The third kappa shape index (κ3) is 2.45. The highest BCUT2D eigenvalue weighted by Gasteiger charge is 2.32. The highest BCUT2D eigenvalue weighted by atomic mass is 32.1. The molecule has 0 bridgehead atoms. The van der Waals surface area contributed by atoms with E-state index in [4.69, 9.17) is 0 Å². The van der Waals surface area contributed by atoms with Crippen LogP contribution in [0, 0.1) is 11.3 Å². The molecule has 5 rings (SSSR count). The Morgan fingerprint density at radius 1 is 1.19 bits per heavy atom. The Morgan fingerprint density at radius 3 is 2.70 bits per heavy atom. The van der Waals surface area contributed by atoms with Gasteiger partial charge in [-0.25, -0.2) is 4.57 Å². The first-order chi connectivity index (χ1) is 12.9. The van der Waals surface area contributed by atoms with Crippen LogP contribution in [0.25, 0.3) is 21.7 Å². The number of aryl methyl sites for hydroxylation is 1. The topological polar surface area (TPSA) is 65.1 Å².